The topological polar surface area (TPSA) is 121 Å². The zero-order valence-electron chi connectivity index (χ0n) is 13.5. The molecule has 0 spiro atoms. The van der Waals surface area contributed by atoms with Crippen LogP contribution in [0.25, 0.3) is 0 Å². The van der Waals surface area contributed by atoms with Crippen molar-refractivity contribution in [2.75, 3.05) is 5.32 Å². The number of nitrogens with two attached hydrogens (primary N) is 1. The quantitative estimate of drug-likeness (QED) is 0.534. The summed E-state index contributed by atoms with van der Waals surface area (Å²) >= 11 is 5.81. The van der Waals surface area contributed by atoms with Crippen LogP contribution in [0.15, 0.2) is 58.8 Å². The van der Waals surface area contributed by atoms with E-state index in [1.165, 1.54) is 6.92 Å². The Labute approximate surface area is 150 Å². The first-order chi connectivity index (χ1) is 11.9. The van der Waals surface area contributed by atoms with Crippen molar-refractivity contribution in [3.8, 4) is 0 Å². The Morgan fingerprint density at radius 3 is 2.48 bits per heavy atom. The number of halogens is 1. The molecule has 3 atom stereocenters. The fraction of sp³-hybridized carbons (Fsp3) is 0.235. The Bertz CT molecular complexity index is 755. The molecule has 8 heteroatoms. The van der Waals surface area contributed by atoms with Crippen molar-refractivity contribution in [1.82, 2.24) is 0 Å². The molecule has 0 radical (unpaired) electrons. The number of nitrogens with zero attached hydrogens (tertiary/aromatic N) is 2. The maximum Gasteiger partial charge on any atom is 0.256 e. The normalized spacial score (nSPS) is 20.4. The van der Waals surface area contributed by atoms with Crippen molar-refractivity contribution in [2.45, 2.75) is 19.0 Å². The molecule has 7 nitrogen and oxygen atoms in total. The molecular weight excluding hydrogens is 342 g/mol. The van der Waals surface area contributed by atoms with Gasteiger partial charge < -0.3 is 16.5 Å². The standard InChI is InChI=1S/C17H18ClN5O2/c1-10(19)15(17(25)21-12-8-6-11(18)7-9-12)23-22-14-5-3-2-4-13(14)16(20)24/h2-9,13-15,19H,1H3,(H2,20,24)(H,21,25). The Kier molecular flexibility index (Phi) is 6.19. The van der Waals surface area contributed by atoms with E-state index in [2.05, 4.69) is 15.5 Å². The Morgan fingerprint density at radius 1 is 1.24 bits per heavy atom. The second-order valence-electron chi connectivity index (χ2n) is 5.50. The molecule has 130 valence electrons. The van der Waals surface area contributed by atoms with Crippen LogP contribution >= 0.6 is 11.6 Å². The van der Waals surface area contributed by atoms with Crippen LogP contribution < -0.4 is 11.1 Å². The third-order valence-electron chi connectivity index (χ3n) is 3.52. The van der Waals surface area contributed by atoms with Crippen LogP contribution in [0.2, 0.25) is 5.02 Å². The summed E-state index contributed by atoms with van der Waals surface area (Å²) < 4.78 is 0. The zero-order chi connectivity index (χ0) is 18.4. The molecule has 1 aliphatic rings. The van der Waals surface area contributed by atoms with Crippen molar-refractivity contribution >= 4 is 34.8 Å². The van der Waals surface area contributed by atoms with Crippen LogP contribution in [-0.2, 0) is 9.59 Å². The number of benzene rings is 1. The molecule has 3 unspecified atom stereocenters. The minimum atomic E-state index is -1.09. The number of allylic oxidation sites excluding steroid dienone is 2. The van der Waals surface area contributed by atoms with Gasteiger partial charge in [0.15, 0.2) is 6.04 Å². The average Bonchev–Trinajstić information content (AvgIpc) is 2.57. The molecular formula is C17H18ClN5O2. The van der Waals surface area contributed by atoms with E-state index in [1.54, 1.807) is 48.6 Å². The summed E-state index contributed by atoms with van der Waals surface area (Å²) in [5, 5.41) is 19.0. The first-order valence-corrected chi connectivity index (χ1v) is 7.92. The van der Waals surface area contributed by atoms with E-state index in [4.69, 9.17) is 22.7 Å². The minimum absolute atomic E-state index is 0.0289. The van der Waals surface area contributed by atoms with Crippen LogP contribution in [0.3, 0.4) is 0 Å². The lowest BCUT2D eigenvalue weighted by molar-refractivity contribution is -0.120. The Balaban J connectivity index is 2.11. The molecule has 2 rings (SSSR count). The number of carbonyl (C=O) groups is 2. The molecule has 4 N–H and O–H groups in total. The van der Waals surface area contributed by atoms with Gasteiger partial charge in [-0.1, -0.05) is 35.9 Å². The number of primary amides is 1. The van der Waals surface area contributed by atoms with Gasteiger partial charge in [-0.05, 0) is 31.2 Å². The number of anilines is 1. The molecule has 0 aromatic heterocycles. The second-order valence-corrected chi connectivity index (χ2v) is 5.94. The van der Waals surface area contributed by atoms with Gasteiger partial charge in [-0.25, -0.2) is 0 Å². The first-order valence-electron chi connectivity index (χ1n) is 7.54. The summed E-state index contributed by atoms with van der Waals surface area (Å²) in [5.74, 6) is -1.65. The van der Waals surface area contributed by atoms with Gasteiger partial charge in [0.05, 0.1) is 5.92 Å². The van der Waals surface area contributed by atoms with E-state index in [0.717, 1.165) is 0 Å². The van der Waals surface area contributed by atoms with E-state index in [-0.39, 0.29) is 5.71 Å². The SMILES string of the molecule is CC(=N)C(N=NC1C=CC=CC1C(N)=O)C(=O)Nc1ccc(Cl)cc1. The van der Waals surface area contributed by atoms with Crippen LogP contribution in [0.5, 0.6) is 0 Å². The summed E-state index contributed by atoms with van der Waals surface area (Å²) in [6, 6.07) is 4.89. The van der Waals surface area contributed by atoms with Gasteiger partial charge in [0.1, 0.15) is 6.04 Å². The van der Waals surface area contributed by atoms with E-state index < -0.39 is 29.8 Å². The van der Waals surface area contributed by atoms with Gasteiger partial charge in [-0.2, -0.15) is 10.2 Å². The van der Waals surface area contributed by atoms with Crippen molar-refractivity contribution in [3.05, 3.63) is 53.6 Å². The van der Waals surface area contributed by atoms with Crippen molar-refractivity contribution < 1.29 is 9.59 Å². The number of hydrogen-bond acceptors (Lipinski definition) is 5. The molecule has 0 saturated heterocycles. The van der Waals surface area contributed by atoms with E-state index in [1.807, 2.05) is 0 Å². The van der Waals surface area contributed by atoms with Gasteiger partial charge >= 0.3 is 0 Å². The van der Waals surface area contributed by atoms with Crippen LogP contribution in [0, 0.1) is 11.3 Å². The number of hydrogen-bond donors (Lipinski definition) is 3. The Hall–Kier alpha value is -2.80. The molecule has 25 heavy (non-hydrogen) atoms. The zero-order valence-corrected chi connectivity index (χ0v) is 14.3. The maximum atomic E-state index is 12.4. The molecule has 1 aromatic rings. The van der Waals surface area contributed by atoms with E-state index in [9.17, 15) is 9.59 Å². The second kappa shape index (κ2) is 8.34. The third-order valence-corrected chi connectivity index (χ3v) is 3.77. The molecule has 1 aromatic carbocycles. The van der Waals surface area contributed by atoms with Gasteiger partial charge in [0.25, 0.3) is 5.91 Å². The number of nitrogens with one attached hydrogen (secondary N) is 2. The predicted octanol–water partition coefficient (Wildman–Crippen LogP) is 2.74. The van der Waals surface area contributed by atoms with Crippen molar-refractivity contribution in [1.29, 1.82) is 5.41 Å². The number of carbonyl (C=O) groups excluding carboxylic acids is 2. The summed E-state index contributed by atoms with van der Waals surface area (Å²) in [6.45, 7) is 1.47. The van der Waals surface area contributed by atoms with Gasteiger partial charge in [-0.3, -0.25) is 9.59 Å². The summed E-state index contributed by atoms with van der Waals surface area (Å²) in [4.78, 5) is 23.8. The number of amides is 2. The van der Waals surface area contributed by atoms with Gasteiger partial charge in [0.2, 0.25) is 5.91 Å². The first kappa shape index (κ1) is 18.5. The predicted molar refractivity (Wildman–Crippen MR) is 96.9 cm³/mol. The largest absolute Gasteiger partial charge is 0.369 e. The highest BCUT2D eigenvalue weighted by Gasteiger charge is 2.25. The van der Waals surface area contributed by atoms with E-state index in [0.29, 0.717) is 10.7 Å². The van der Waals surface area contributed by atoms with Crippen LogP contribution in [0.4, 0.5) is 5.69 Å². The molecule has 1 aliphatic carbocycles. The minimum Gasteiger partial charge on any atom is -0.369 e. The van der Waals surface area contributed by atoms with Crippen LogP contribution in [0.1, 0.15) is 6.92 Å². The highest BCUT2D eigenvalue weighted by Crippen LogP contribution is 2.18. The average molecular weight is 360 g/mol. The summed E-state index contributed by atoms with van der Waals surface area (Å²) in [6.07, 6.45) is 6.73. The van der Waals surface area contributed by atoms with E-state index >= 15 is 0 Å². The summed E-state index contributed by atoms with van der Waals surface area (Å²) in [5.41, 5.74) is 5.90. The molecule has 0 fully saturated rings. The van der Waals surface area contributed by atoms with Gasteiger partial charge in [0, 0.05) is 16.4 Å². The van der Waals surface area contributed by atoms with Crippen LogP contribution in [-0.4, -0.2) is 29.6 Å². The van der Waals surface area contributed by atoms with Gasteiger partial charge in [-0.15, -0.1) is 0 Å². The lowest BCUT2D eigenvalue weighted by Crippen LogP contribution is -2.33. The summed E-state index contributed by atoms with van der Waals surface area (Å²) in [7, 11) is 0. The highest BCUT2D eigenvalue weighted by atomic mass is 35.5. The van der Waals surface area contributed by atoms with Crippen molar-refractivity contribution in [3.63, 3.8) is 0 Å². The third kappa shape index (κ3) is 5.09. The monoisotopic (exact) mass is 359 g/mol. The lowest BCUT2D eigenvalue weighted by Gasteiger charge is -2.17. The molecule has 2 amide bonds. The fourth-order valence-electron chi connectivity index (χ4n) is 2.19. The number of azo groups is 1. The molecule has 0 saturated carbocycles. The molecule has 0 heterocycles. The maximum absolute atomic E-state index is 12.4. The highest BCUT2D eigenvalue weighted by molar-refractivity contribution is 6.30. The van der Waals surface area contributed by atoms with Crippen molar-refractivity contribution in [2.24, 2.45) is 21.9 Å². The Morgan fingerprint density at radius 2 is 1.88 bits per heavy atom. The molecule has 0 aliphatic heterocycles. The smallest absolute Gasteiger partial charge is 0.256 e. The lowest BCUT2D eigenvalue weighted by atomic mass is 9.95. The molecule has 0 bridgehead atoms. The fourth-order valence-corrected chi connectivity index (χ4v) is 2.32. The number of rotatable bonds is 6.